The quantitative estimate of drug-likeness (QED) is 0.0926. The van der Waals surface area contributed by atoms with Gasteiger partial charge in [0, 0.05) is 49.5 Å². The van der Waals surface area contributed by atoms with Crippen molar-refractivity contribution in [2.24, 2.45) is 34.5 Å². The first-order valence-corrected chi connectivity index (χ1v) is 25.0. The van der Waals surface area contributed by atoms with Crippen LogP contribution in [0.1, 0.15) is 123 Å². The minimum atomic E-state index is -1.01. The van der Waals surface area contributed by atoms with Gasteiger partial charge >= 0.3 is 0 Å². The van der Waals surface area contributed by atoms with E-state index in [1.165, 1.54) is 61.3 Å². The van der Waals surface area contributed by atoms with Gasteiger partial charge in [-0.05, 0) is 140 Å². The van der Waals surface area contributed by atoms with Crippen molar-refractivity contribution in [3.05, 3.63) is 71.5 Å². The van der Waals surface area contributed by atoms with Gasteiger partial charge in [0.1, 0.15) is 6.04 Å². The van der Waals surface area contributed by atoms with Crippen LogP contribution in [0.15, 0.2) is 54.9 Å². The molecule has 4 aliphatic carbocycles. The molecule has 67 heavy (non-hydrogen) atoms. The van der Waals surface area contributed by atoms with Crippen LogP contribution in [0.25, 0.3) is 10.8 Å². The molecule has 3 heterocycles. The molecular formula is C53H69N5O9. The van der Waals surface area contributed by atoms with Gasteiger partial charge < -0.3 is 29.2 Å². The SMILES string of the molecule is CN(C(=O)CCOCCOCCOCCOCCNc1cccc2c1C(=O)N(C1CCC(=O)NC1=O)C2=O)C1CCC2(C)C(CCC3C2CCC2(C)C(c4ccc5ccncc5c4)CCC32)C1. The highest BCUT2D eigenvalue weighted by molar-refractivity contribution is 6.25. The third-order valence-electron chi connectivity index (χ3n) is 17.3. The number of fused-ring (bicyclic) bond motifs is 7. The molecule has 360 valence electrons. The van der Waals surface area contributed by atoms with Crippen LogP contribution in [-0.2, 0) is 33.3 Å². The van der Waals surface area contributed by atoms with Crippen molar-refractivity contribution < 1.29 is 42.9 Å². The van der Waals surface area contributed by atoms with Crippen LogP contribution in [-0.4, -0.2) is 123 Å². The van der Waals surface area contributed by atoms with Gasteiger partial charge in [0.05, 0.1) is 70.4 Å². The molecule has 9 unspecified atom stereocenters. The predicted octanol–water partition coefficient (Wildman–Crippen LogP) is 7.16. The van der Waals surface area contributed by atoms with E-state index in [0.717, 1.165) is 35.5 Å². The zero-order valence-electron chi connectivity index (χ0n) is 39.6. The van der Waals surface area contributed by atoms with Gasteiger partial charge in [0.2, 0.25) is 17.7 Å². The molecule has 2 aromatic carbocycles. The number of hydrogen-bond donors (Lipinski definition) is 2. The number of amides is 5. The zero-order valence-corrected chi connectivity index (χ0v) is 39.6. The average Bonchev–Trinajstić information content (AvgIpc) is 3.82. The van der Waals surface area contributed by atoms with Crippen LogP contribution < -0.4 is 10.6 Å². The monoisotopic (exact) mass is 920 g/mol. The Labute approximate surface area is 394 Å². The minimum Gasteiger partial charge on any atom is -0.382 e. The predicted molar refractivity (Wildman–Crippen MR) is 252 cm³/mol. The van der Waals surface area contributed by atoms with Gasteiger partial charge in [0.15, 0.2) is 0 Å². The van der Waals surface area contributed by atoms with E-state index in [9.17, 15) is 24.0 Å². The van der Waals surface area contributed by atoms with Crippen molar-refractivity contribution in [3.63, 3.8) is 0 Å². The molecule has 6 aliphatic rings. The molecule has 5 fully saturated rings. The molecule has 9 rings (SSSR count). The smallest absolute Gasteiger partial charge is 0.264 e. The van der Waals surface area contributed by atoms with Crippen LogP contribution in [0.2, 0.25) is 0 Å². The van der Waals surface area contributed by atoms with Gasteiger partial charge in [-0.2, -0.15) is 0 Å². The lowest BCUT2D eigenvalue weighted by atomic mass is 9.44. The zero-order chi connectivity index (χ0) is 46.7. The molecule has 2 aliphatic heterocycles. The summed E-state index contributed by atoms with van der Waals surface area (Å²) in [6.45, 7) is 8.78. The maximum Gasteiger partial charge on any atom is 0.264 e. The topological polar surface area (TPSA) is 166 Å². The second-order valence-corrected chi connectivity index (χ2v) is 20.5. The molecule has 2 N–H and O–H groups in total. The average molecular weight is 920 g/mol. The first-order valence-electron chi connectivity index (χ1n) is 25.0. The van der Waals surface area contributed by atoms with Gasteiger partial charge in [-0.1, -0.05) is 32.0 Å². The van der Waals surface area contributed by atoms with E-state index in [1.807, 2.05) is 24.3 Å². The summed E-state index contributed by atoms with van der Waals surface area (Å²) in [4.78, 5) is 71.0. The van der Waals surface area contributed by atoms with Crippen molar-refractivity contribution in [2.75, 3.05) is 71.8 Å². The highest BCUT2D eigenvalue weighted by atomic mass is 16.6. The summed E-state index contributed by atoms with van der Waals surface area (Å²) in [5, 5.41) is 7.91. The molecule has 3 aromatic rings. The molecule has 1 saturated heterocycles. The lowest BCUT2D eigenvalue weighted by Crippen LogP contribution is -2.55. The Morgan fingerprint density at radius 1 is 0.791 bits per heavy atom. The Hall–Kier alpha value is -4.76. The summed E-state index contributed by atoms with van der Waals surface area (Å²) in [6.07, 6.45) is 15.8. The number of anilines is 1. The number of nitrogens with one attached hydrogen (secondary N) is 2. The second kappa shape index (κ2) is 20.5. The number of imide groups is 2. The third-order valence-corrected chi connectivity index (χ3v) is 17.3. The number of hydrogen-bond acceptors (Lipinski definition) is 11. The number of carbonyl (C=O) groups is 5. The van der Waals surface area contributed by atoms with Crippen LogP contribution in [0.5, 0.6) is 0 Å². The van der Waals surface area contributed by atoms with Crippen molar-refractivity contribution in [3.8, 4) is 0 Å². The summed E-state index contributed by atoms with van der Waals surface area (Å²) < 4.78 is 22.7. The Morgan fingerprint density at radius 3 is 2.30 bits per heavy atom. The first-order chi connectivity index (χ1) is 32.5. The van der Waals surface area contributed by atoms with Crippen molar-refractivity contribution in [1.29, 1.82) is 0 Å². The number of benzene rings is 2. The Kier molecular flexibility index (Phi) is 14.4. The van der Waals surface area contributed by atoms with Crippen molar-refractivity contribution in [2.45, 2.75) is 109 Å². The maximum atomic E-state index is 13.4. The molecule has 0 radical (unpaired) electrons. The Bertz CT molecular complexity index is 2320. The lowest BCUT2D eigenvalue weighted by molar-refractivity contribution is -0.141. The number of nitrogens with zero attached hydrogens (tertiary/aromatic N) is 3. The van der Waals surface area contributed by atoms with Gasteiger partial charge in [0.25, 0.3) is 11.8 Å². The number of piperidine rings is 1. The number of carbonyl (C=O) groups excluding carboxylic acids is 5. The molecule has 0 bridgehead atoms. The van der Waals surface area contributed by atoms with Crippen LogP contribution >= 0.6 is 0 Å². The van der Waals surface area contributed by atoms with E-state index in [4.69, 9.17) is 18.9 Å². The summed E-state index contributed by atoms with van der Waals surface area (Å²) in [5.41, 5.74) is 3.17. The van der Waals surface area contributed by atoms with E-state index in [2.05, 4.69) is 53.7 Å². The molecule has 9 atom stereocenters. The van der Waals surface area contributed by atoms with Gasteiger partial charge in [-0.25, -0.2) is 0 Å². The molecule has 5 amide bonds. The fraction of sp³-hybridized carbons (Fsp3) is 0.623. The van der Waals surface area contributed by atoms with E-state index >= 15 is 0 Å². The maximum absolute atomic E-state index is 13.4. The number of pyridine rings is 1. The molecule has 4 saturated carbocycles. The molecule has 0 spiro atoms. The minimum absolute atomic E-state index is 0.0668. The number of rotatable bonds is 19. The molecule has 14 nitrogen and oxygen atoms in total. The third kappa shape index (κ3) is 9.52. The van der Waals surface area contributed by atoms with E-state index in [1.54, 1.807) is 18.2 Å². The number of aromatic nitrogens is 1. The summed E-state index contributed by atoms with van der Waals surface area (Å²) in [6, 6.07) is 13.5. The summed E-state index contributed by atoms with van der Waals surface area (Å²) in [7, 11) is 2.00. The molecular weight excluding hydrogens is 851 g/mol. The van der Waals surface area contributed by atoms with Crippen molar-refractivity contribution >= 4 is 46.0 Å². The van der Waals surface area contributed by atoms with Gasteiger partial charge in [-0.3, -0.25) is 39.2 Å². The lowest BCUT2D eigenvalue weighted by Gasteiger charge is -2.61. The van der Waals surface area contributed by atoms with Crippen LogP contribution in [0.4, 0.5) is 5.69 Å². The fourth-order valence-corrected chi connectivity index (χ4v) is 13.7. The van der Waals surface area contributed by atoms with Crippen LogP contribution in [0.3, 0.4) is 0 Å². The fourth-order valence-electron chi connectivity index (χ4n) is 13.7. The summed E-state index contributed by atoms with van der Waals surface area (Å²) in [5.74, 6) is 1.73. The second-order valence-electron chi connectivity index (χ2n) is 20.5. The molecule has 1 aromatic heterocycles. The van der Waals surface area contributed by atoms with E-state index < -0.39 is 29.7 Å². The van der Waals surface area contributed by atoms with Gasteiger partial charge in [-0.15, -0.1) is 0 Å². The Balaban J connectivity index is 0.611. The standard InChI is InChI=1S/C53H69N5O9/c1-52-19-15-38(32-37(52)9-10-39-42-12-11-41(53(42,2)20-16-43(39)52)35-8-7-34-17-21-54-33-36(34)31-35)57(3)47(60)18-23-64-25-27-66-29-30-67-28-26-65-24-22-55-44-6-4-5-40-48(44)51(63)58(50(40)62)45-13-14-46(59)56-49(45)61/h4-8,17,21,31,33,37-39,41-43,45,55H,9-16,18-20,22-30,32H2,1-3H3,(H,56,59,61). The van der Waals surface area contributed by atoms with Crippen molar-refractivity contribution in [1.82, 2.24) is 20.1 Å². The Morgan fingerprint density at radius 2 is 1.52 bits per heavy atom. The number of ether oxygens (including phenoxy) is 4. The highest BCUT2D eigenvalue weighted by Crippen LogP contribution is 2.69. The van der Waals surface area contributed by atoms with Crippen LogP contribution in [0, 0.1) is 34.5 Å². The summed E-state index contributed by atoms with van der Waals surface area (Å²) >= 11 is 0. The highest BCUT2D eigenvalue weighted by Gasteiger charge is 2.60. The van der Waals surface area contributed by atoms with E-state index in [0.29, 0.717) is 100 Å². The molecule has 14 heteroatoms. The first kappa shape index (κ1) is 47.3. The van der Waals surface area contributed by atoms with E-state index in [-0.39, 0.29) is 29.9 Å². The largest absolute Gasteiger partial charge is 0.382 e. The normalized spacial score (nSPS) is 30.1.